The van der Waals surface area contributed by atoms with Crippen LogP contribution in [0.2, 0.25) is 0 Å². The Hall–Kier alpha value is -11.8. The minimum Gasteiger partial charge on any atom is -0.345 e. The Morgan fingerprint density at radius 2 is 0.805 bits per heavy atom. The van der Waals surface area contributed by atoms with E-state index in [2.05, 4.69) is 143 Å². The van der Waals surface area contributed by atoms with Gasteiger partial charge < -0.3 is 45.2 Å². The number of aromatic nitrogens is 12. The quantitative estimate of drug-likeness (QED) is 0.0371. The topological polar surface area (TPSA) is 348 Å². The molecule has 1 atom stereocenters. The first-order chi connectivity index (χ1) is 56.5. The van der Waals surface area contributed by atoms with E-state index in [1.165, 1.54) is 13.8 Å². The van der Waals surface area contributed by atoms with Crippen molar-refractivity contribution < 1.29 is 43.2 Å². The predicted molar refractivity (Wildman–Crippen MR) is 460 cm³/mol. The monoisotopic (exact) mass is 1780 g/mol. The van der Waals surface area contributed by atoms with Crippen LogP contribution in [0.5, 0.6) is 0 Å². The number of benzene rings is 3. The largest absolute Gasteiger partial charge is 0.345 e. The molecule has 4 aliphatic rings. The van der Waals surface area contributed by atoms with Crippen LogP contribution in [0, 0.1) is 41.5 Å². The van der Waals surface area contributed by atoms with Gasteiger partial charge in [0.2, 0.25) is 35.4 Å². The number of nitrogens with one attached hydrogen (secondary N) is 5. The van der Waals surface area contributed by atoms with Crippen LogP contribution in [0.1, 0.15) is 159 Å². The highest BCUT2D eigenvalue weighted by Crippen LogP contribution is 2.41. The van der Waals surface area contributed by atoms with E-state index in [-0.39, 0.29) is 91.6 Å². The SMILES string of the molecule is CC(=O)c1cn(CC(=O)N(CC(=O)Nc2nc(Br)ccc2C)C2CC2)c2cc3c(cc12)-c1cnc(C)nc1CCC3.CC(=O)c1cn(CC(=O)NCC(=O)Nc2nc(Br)ccc2C)c2cc3c(cc12)-c1cnc(C)nc1CCC3.CC(=O)c1cn(CC(=O)N[C@@H](C)C(=O)Nc2nc(Br)ccc2C)c2cc3c(cc12)-c1cnc(C)nc1CCC3. The highest BCUT2D eigenvalue weighted by Gasteiger charge is 2.35. The highest BCUT2D eigenvalue weighted by molar-refractivity contribution is 9.11. The summed E-state index contributed by atoms with van der Waals surface area (Å²) in [7, 11) is 0. The van der Waals surface area contributed by atoms with Crippen molar-refractivity contribution in [1.29, 1.82) is 0 Å². The summed E-state index contributed by atoms with van der Waals surface area (Å²) in [5.41, 5.74) is 19.1. The van der Waals surface area contributed by atoms with Crippen LogP contribution in [0.3, 0.4) is 0 Å². The first-order valence-corrected chi connectivity index (χ1v) is 41.5. The first kappa shape index (κ1) is 82.8. The summed E-state index contributed by atoms with van der Waals surface area (Å²) in [4.78, 5) is 157. The molecule has 27 nitrogen and oxygen atoms in total. The third-order valence-electron chi connectivity index (χ3n) is 21.6. The fraction of sp³-hybridized carbons (Fsp3) is 0.318. The summed E-state index contributed by atoms with van der Waals surface area (Å²) >= 11 is 9.94. The lowest BCUT2D eigenvalue weighted by molar-refractivity contribution is -0.135. The minimum absolute atomic E-state index is 0.0249. The zero-order chi connectivity index (χ0) is 83.7. The van der Waals surface area contributed by atoms with Gasteiger partial charge in [0.25, 0.3) is 0 Å². The Morgan fingerprint density at radius 3 is 1.19 bits per heavy atom. The fourth-order valence-electron chi connectivity index (χ4n) is 15.4. The fourth-order valence-corrected chi connectivity index (χ4v) is 16.4. The third kappa shape index (κ3) is 18.6. The molecule has 0 bridgehead atoms. The van der Waals surface area contributed by atoms with Crippen molar-refractivity contribution in [3.63, 3.8) is 0 Å². The number of carbonyl (C=O) groups excluding carboxylic acids is 9. The summed E-state index contributed by atoms with van der Waals surface area (Å²) < 4.78 is 7.25. The summed E-state index contributed by atoms with van der Waals surface area (Å²) in [6.07, 6.45) is 20.6. The molecule has 12 aromatic rings. The van der Waals surface area contributed by atoms with E-state index in [4.69, 9.17) is 0 Å². The molecule has 30 heteroatoms. The van der Waals surface area contributed by atoms with Gasteiger partial charge in [-0.05, 0) is 292 Å². The molecule has 0 radical (unpaired) electrons. The standard InChI is InChI=1S/C31H31BrN6O3.C29H29BrN6O3.C28H27BrN6O3/c1-17-7-10-28(32)35-31(17)36-29(40)15-38(21-8-9-21)30(41)16-37-14-25(18(2)39)23-12-22-20(11-27(23)37)5-4-6-26-24(22)13-33-19(3)34-26;1-15-8-9-26(30)34-28(15)35-29(39)16(2)32-27(38)14-36-13-23(17(3)37)21-11-20-19(10-25(21)36)6-5-7-24-22(20)12-31-18(4)33-24;1-15-7-8-25(29)33-28(15)34-26(37)12-31-27(38)14-35-13-22(16(2)36)20-10-19-18(9-24(20)35)5-4-6-23-21(19)11-30-17(3)32-23/h7,10-14,21H,4-6,8-9,15-16H2,1-3H3,(H,35,36,40);8-13,16H,5-7,14H2,1-4H3,(H,32,38)(H,34,35,39);7-11,13H,4-6,12,14H2,1-3H3,(H,31,38)(H,33,34,37)/t;16-;/m.0./s1. The molecule has 4 aliphatic carbocycles. The number of pyridine rings is 3. The summed E-state index contributed by atoms with van der Waals surface area (Å²) in [6.45, 7) is 17.2. The minimum atomic E-state index is -0.789. The zero-order valence-corrected chi connectivity index (χ0v) is 71.7. The van der Waals surface area contributed by atoms with Crippen molar-refractivity contribution in [2.24, 2.45) is 0 Å². The molecule has 118 heavy (non-hydrogen) atoms. The maximum absolute atomic E-state index is 13.7. The number of fused-ring (bicyclic) bond motifs is 12. The number of amides is 6. The Balaban J connectivity index is 0.000000146. The van der Waals surface area contributed by atoms with Gasteiger partial charge in [-0.2, -0.15) is 0 Å². The number of nitrogens with zero attached hydrogens (tertiary/aromatic N) is 13. The lowest BCUT2D eigenvalue weighted by Gasteiger charge is -2.22. The highest BCUT2D eigenvalue weighted by atomic mass is 79.9. The molecule has 16 rings (SSSR count). The average molecular weight is 1780 g/mol. The number of halogens is 3. The molecule has 604 valence electrons. The van der Waals surface area contributed by atoms with E-state index >= 15 is 0 Å². The van der Waals surface area contributed by atoms with Crippen LogP contribution in [-0.4, -0.2) is 141 Å². The van der Waals surface area contributed by atoms with Crippen molar-refractivity contribution in [2.75, 3.05) is 29.0 Å². The molecule has 3 aromatic carbocycles. The lowest BCUT2D eigenvalue weighted by atomic mass is 9.96. The number of aryl methyl sites for hydroxylation is 12. The van der Waals surface area contributed by atoms with Gasteiger partial charge in [0.05, 0.1) is 23.6 Å². The molecular formula is C88H87Br3N18O9. The molecule has 9 heterocycles. The molecule has 0 saturated heterocycles. The van der Waals surface area contributed by atoms with Crippen molar-refractivity contribution in [2.45, 2.75) is 172 Å². The van der Waals surface area contributed by atoms with Crippen LogP contribution >= 0.6 is 47.8 Å². The normalized spacial score (nSPS) is 13.3. The van der Waals surface area contributed by atoms with Gasteiger partial charge in [0, 0.05) is 109 Å². The van der Waals surface area contributed by atoms with Gasteiger partial charge in [-0.3, -0.25) is 43.2 Å². The van der Waals surface area contributed by atoms with E-state index < -0.39 is 6.04 Å². The smallest absolute Gasteiger partial charge is 0.247 e. The maximum Gasteiger partial charge on any atom is 0.247 e. The van der Waals surface area contributed by atoms with E-state index in [0.717, 1.165) is 205 Å². The van der Waals surface area contributed by atoms with Gasteiger partial charge >= 0.3 is 0 Å². The van der Waals surface area contributed by atoms with Crippen LogP contribution in [-0.2, 0) is 86.9 Å². The van der Waals surface area contributed by atoms with Gasteiger partial charge in [0.1, 0.15) is 81.0 Å². The van der Waals surface area contributed by atoms with Crippen LogP contribution < -0.4 is 26.6 Å². The van der Waals surface area contributed by atoms with E-state index in [9.17, 15) is 43.2 Å². The van der Waals surface area contributed by atoms with Crippen molar-refractivity contribution in [3.8, 4) is 33.4 Å². The molecule has 6 amide bonds. The molecule has 0 unspecified atom stereocenters. The number of ketones is 3. The molecule has 0 spiro atoms. The Bertz CT molecular complexity index is 6140. The number of anilines is 3. The Morgan fingerprint density at radius 1 is 0.441 bits per heavy atom. The number of Topliss-reactive ketones (excluding diaryl/α,β-unsaturated/α-hetero) is 3. The zero-order valence-electron chi connectivity index (χ0n) is 67.0. The summed E-state index contributed by atoms with van der Waals surface area (Å²) in [5.74, 6) is 1.46. The molecule has 9 aromatic heterocycles. The Kier molecular flexibility index (Phi) is 24.7. The van der Waals surface area contributed by atoms with E-state index in [1.54, 1.807) is 58.6 Å². The number of carbonyl (C=O) groups is 9. The number of hydrogen-bond donors (Lipinski definition) is 5. The van der Waals surface area contributed by atoms with Crippen LogP contribution in [0.15, 0.2) is 124 Å². The average Bonchev–Trinajstić information content (AvgIpc) is 1.61. The summed E-state index contributed by atoms with van der Waals surface area (Å²) in [6, 6.07) is 22.5. The third-order valence-corrected chi connectivity index (χ3v) is 22.9. The second-order valence-corrected chi connectivity index (χ2v) is 32.9. The number of rotatable bonds is 19. The predicted octanol–water partition coefficient (Wildman–Crippen LogP) is 14.2. The lowest BCUT2D eigenvalue weighted by Crippen LogP contribution is -2.43. The molecule has 0 aliphatic heterocycles. The van der Waals surface area contributed by atoms with Crippen molar-refractivity contribution in [1.82, 2.24) is 74.1 Å². The van der Waals surface area contributed by atoms with Crippen LogP contribution in [0.25, 0.3) is 66.1 Å². The van der Waals surface area contributed by atoms with Gasteiger partial charge in [0.15, 0.2) is 17.3 Å². The van der Waals surface area contributed by atoms with Crippen LogP contribution in [0.4, 0.5) is 17.5 Å². The van der Waals surface area contributed by atoms with Crippen molar-refractivity contribution in [3.05, 3.63) is 208 Å². The molecule has 1 fully saturated rings. The van der Waals surface area contributed by atoms with E-state index in [0.29, 0.717) is 48.0 Å². The van der Waals surface area contributed by atoms with Crippen molar-refractivity contribution >= 4 is 151 Å². The molecular weight excluding hydrogens is 1690 g/mol. The van der Waals surface area contributed by atoms with Gasteiger partial charge in [-0.25, -0.2) is 44.9 Å². The maximum atomic E-state index is 13.7. The van der Waals surface area contributed by atoms with Gasteiger partial charge in [-0.15, -0.1) is 0 Å². The first-order valence-electron chi connectivity index (χ1n) is 39.1. The molecule has 1 saturated carbocycles. The van der Waals surface area contributed by atoms with Gasteiger partial charge in [-0.1, -0.05) is 18.2 Å². The second kappa shape index (κ2) is 35.2. The second-order valence-electron chi connectivity index (χ2n) is 30.5. The Labute approximate surface area is 705 Å². The number of hydrogen-bond acceptors (Lipinski definition) is 18. The molecule has 5 N–H and O–H groups in total. The van der Waals surface area contributed by atoms with E-state index in [1.807, 2.05) is 101 Å². The summed E-state index contributed by atoms with van der Waals surface area (Å²) in [5, 5.41) is 16.1.